The number of carbonyl (C=O) groups is 3. The quantitative estimate of drug-likeness (QED) is 0.246. The largest absolute Gasteiger partial charge is 0.478 e. The highest BCUT2D eigenvalue weighted by molar-refractivity contribution is 6.04. The smallest absolute Gasteiger partial charge is 0.435 e. The molecular formula is C25H25F3N6O5. The number of pyridine rings is 1. The Morgan fingerprint density at radius 1 is 1.05 bits per heavy atom. The summed E-state index contributed by atoms with van der Waals surface area (Å²) in [5.74, 6) is -2.33. The van der Waals surface area contributed by atoms with Crippen molar-refractivity contribution in [1.82, 2.24) is 29.7 Å². The molecule has 4 aromatic rings. The second-order valence-electron chi connectivity index (χ2n) is 8.44. The molecule has 0 unspecified atom stereocenters. The Kier molecular flexibility index (Phi) is 9.04. The number of H-pyrrole nitrogens is 1. The van der Waals surface area contributed by atoms with Crippen LogP contribution in [-0.4, -0.2) is 79.7 Å². The van der Waals surface area contributed by atoms with Gasteiger partial charge in [-0.25, -0.2) is 19.6 Å². The van der Waals surface area contributed by atoms with Crippen molar-refractivity contribution in [2.24, 2.45) is 0 Å². The van der Waals surface area contributed by atoms with E-state index in [2.05, 4.69) is 20.3 Å². The maximum Gasteiger partial charge on any atom is 0.435 e. The number of fused-ring (bicyclic) bond motifs is 3. The monoisotopic (exact) mass is 546 g/mol. The highest BCUT2D eigenvalue weighted by Gasteiger charge is 2.37. The van der Waals surface area contributed by atoms with Crippen LogP contribution in [-0.2, 0) is 27.1 Å². The molecule has 0 saturated heterocycles. The fourth-order valence-corrected chi connectivity index (χ4v) is 3.72. The first-order valence-corrected chi connectivity index (χ1v) is 11.4. The number of nitrogens with zero attached hydrogens (tertiary/aromatic N) is 4. The molecule has 11 nitrogen and oxygen atoms in total. The summed E-state index contributed by atoms with van der Waals surface area (Å²) in [7, 11) is 3.56. The second kappa shape index (κ2) is 12.2. The van der Waals surface area contributed by atoms with E-state index in [9.17, 15) is 27.6 Å². The average molecular weight is 547 g/mol. The summed E-state index contributed by atoms with van der Waals surface area (Å²) in [5, 5.41) is 19.0. The zero-order valence-corrected chi connectivity index (χ0v) is 20.9. The standard InChI is InChI=1S/C21H21F3N6O.C4H4O4/c1-29(2)12-16(31)26-10-11-30-18-13-6-3-4-7-14(13)27-19(21(22,23)24)17(18)28-20(30)15-8-5-9-25-15;5-3(6)1-2-4(7)8/h3-9,25H,10-12H2,1-2H3,(H,26,31);1-2H,(H,5,6)(H,7,8)/b;2-1+. The van der Waals surface area contributed by atoms with Gasteiger partial charge in [-0.2, -0.15) is 13.2 Å². The normalized spacial score (nSPS) is 11.6. The molecule has 0 radical (unpaired) electrons. The topological polar surface area (TPSA) is 153 Å². The highest BCUT2D eigenvalue weighted by Crippen LogP contribution is 2.38. The number of para-hydroxylation sites is 1. The molecule has 0 aliphatic rings. The number of aliphatic carboxylic acids is 2. The Morgan fingerprint density at radius 2 is 1.72 bits per heavy atom. The molecule has 0 saturated carbocycles. The van der Waals surface area contributed by atoms with Crippen LogP contribution in [0.4, 0.5) is 13.2 Å². The summed E-state index contributed by atoms with van der Waals surface area (Å²) >= 11 is 0. The number of benzene rings is 1. The number of nitrogens with one attached hydrogen (secondary N) is 2. The van der Waals surface area contributed by atoms with Crippen LogP contribution in [0.3, 0.4) is 0 Å². The van der Waals surface area contributed by atoms with E-state index in [1.807, 2.05) is 0 Å². The summed E-state index contributed by atoms with van der Waals surface area (Å²) in [4.78, 5) is 44.1. The number of carboxylic acid groups (broad SMARTS) is 2. The molecular weight excluding hydrogens is 521 g/mol. The molecule has 1 amide bonds. The molecule has 3 heterocycles. The third-order valence-corrected chi connectivity index (χ3v) is 5.18. The number of aromatic nitrogens is 4. The fraction of sp³-hybridized carbons (Fsp3) is 0.240. The Morgan fingerprint density at radius 3 is 2.28 bits per heavy atom. The first-order chi connectivity index (χ1) is 18.4. The summed E-state index contributed by atoms with van der Waals surface area (Å²) in [5.41, 5.74) is -0.0876. The maximum atomic E-state index is 13.8. The van der Waals surface area contributed by atoms with Gasteiger partial charge >= 0.3 is 18.1 Å². The molecule has 0 spiro atoms. The van der Waals surface area contributed by atoms with E-state index in [-0.39, 0.29) is 36.6 Å². The van der Waals surface area contributed by atoms with Crippen LogP contribution in [0.15, 0.2) is 54.7 Å². The molecule has 0 atom stereocenters. The molecule has 1 aromatic carbocycles. The van der Waals surface area contributed by atoms with Gasteiger partial charge in [-0.1, -0.05) is 18.2 Å². The van der Waals surface area contributed by atoms with Gasteiger partial charge in [-0.3, -0.25) is 4.79 Å². The van der Waals surface area contributed by atoms with Crippen molar-refractivity contribution in [3.8, 4) is 11.5 Å². The van der Waals surface area contributed by atoms with Crippen molar-refractivity contribution >= 4 is 39.8 Å². The summed E-state index contributed by atoms with van der Waals surface area (Å²) < 4.78 is 43.2. The minimum Gasteiger partial charge on any atom is -0.478 e. The summed E-state index contributed by atoms with van der Waals surface area (Å²) in [6.45, 7) is 0.707. The van der Waals surface area contributed by atoms with Gasteiger partial charge in [-0.15, -0.1) is 0 Å². The Labute approximate surface area is 219 Å². The molecule has 4 rings (SSSR count). The van der Waals surface area contributed by atoms with Crippen LogP contribution in [0, 0.1) is 0 Å². The van der Waals surface area contributed by atoms with E-state index in [1.54, 1.807) is 66.2 Å². The van der Waals surface area contributed by atoms with Crippen molar-refractivity contribution in [1.29, 1.82) is 0 Å². The van der Waals surface area contributed by atoms with Crippen LogP contribution in [0.5, 0.6) is 0 Å². The molecule has 4 N–H and O–H groups in total. The summed E-state index contributed by atoms with van der Waals surface area (Å²) in [6.07, 6.45) is -1.86. The van der Waals surface area contributed by atoms with Gasteiger partial charge in [-0.05, 0) is 32.3 Å². The van der Waals surface area contributed by atoms with Crippen molar-refractivity contribution in [3.63, 3.8) is 0 Å². The minimum atomic E-state index is -4.66. The highest BCUT2D eigenvalue weighted by atomic mass is 19.4. The van der Waals surface area contributed by atoms with Gasteiger partial charge in [0.05, 0.1) is 23.3 Å². The fourth-order valence-electron chi connectivity index (χ4n) is 3.72. The van der Waals surface area contributed by atoms with Crippen LogP contribution in [0.1, 0.15) is 5.69 Å². The number of hydrogen-bond acceptors (Lipinski definition) is 6. The molecule has 3 aromatic heterocycles. The van der Waals surface area contributed by atoms with Gasteiger partial charge in [0.2, 0.25) is 5.91 Å². The number of aromatic amines is 1. The Balaban J connectivity index is 0.000000459. The molecule has 206 valence electrons. The van der Waals surface area contributed by atoms with Gasteiger partial charge < -0.3 is 30.0 Å². The van der Waals surface area contributed by atoms with E-state index in [0.717, 1.165) is 0 Å². The van der Waals surface area contributed by atoms with Gasteiger partial charge in [0.1, 0.15) is 5.52 Å². The molecule has 0 bridgehead atoms. The lowest BCUT2D eigenvalue weighted by molar-refractivity contribution is -0.139. The molecule has 0 aliphatic carbocycles. The molecule has 14 heteroatoms. The van der Waals surface area contributed by atoms with Crippen molar-refractivity contribution < 1.29 is 37.8 Å². The lowest BCUT2D eigenvalue weighted by Gasteiger charge is -2.13. The predicted octanol–water partition coefficient (Wildman–Crippen LogP) is 2.99. The number of carboxylic acids is 2. The lowest BCUT2D eigenvalue weighted by Crippen LogP contribution is -2.35. The Hall–Kier alpha value is -4.72. The van der Waals surface area contributed by atoms with Crippen molar-refractivity contribution in [2.75, 3.05) is 27.2 Å². The minimum absolute atomic E-state index is 0.168. The van der Waals surface area contributed by atoms with Crippen LogP contribution in [0.25, 0.3) is 33.5 Å². The van der Waals surface area contributed by atoms with Crippen molar-refractivity contribution in [3.05, 3.63) is 60.4 Å². The third kappa shape index (κ3) is 7.41. The average Bonchev–Trinajstić information content (AvgIpc) is 3.50. The molecule has 0 fully saturated rings. The van der Waals surface area contributed by atoms with E-state index < -0.39 is 23.8 Å². The number of carbonyl (C=O) groups excluding carboxylic acids is 1. The lowest BCUT2D eigenvalue weighted by atomic mass is 10.1. The number of alkyl halides is 3. The Bertz CT molecular complexity index is 1490. The zero-order valence-electron chi connectivity index (χ0n) is 20.9. The van der Waals surface area contributed by atoms with E-state index in [0.29, 0.717) is 34.6 Å². The number of amides is 1. The number of rotatable bonds is 8. The maximum absolute atomic E-state index is 13.8. The number of hydrogen-bond donors (Lipinski definition) is 4. The van der Waals surface area contributed by atoms with Crippen molar-refractivity contribution in [2.45, 2.75) is 12.7 Å². The first kappa shape index (κ1) is 28.8. The first-order valence-electron chi connectivity index (χ1n) is 11.4. The van der Waals surface area contributed by atoms with Crippen LogP contribution < -0.4 is 5.32 Å². The van der Waals surface area contributed by atoms with Crippen LogP contribution in [0.2, 0.25) is 0 Å². The van der Waals surface area contributed by atoms with Gasteiger partial charge in [0.15, 0.2) is 11.5 Å². The number of halogens is 3. The van der Waals surface area contributed by atoms with Crippen LogP contribution >= 0.6 is 0 Å². The number of likely N-dealkylation sites (N-methyl/N-ethyl adjacent to an activating group) is 1. The number of imidazole rings is 1. The third-order valence-electron chi connectivity index (χ3n) is 5.18. The van der Waals surface area contributed by atoms with E-state index in [1.165, 1.54) is 0 Å². The van der Waals surface area contributed by atoms with E-state index >= 15 is 0 Å². The van der Waals surface area contributed by atoms with Gasteiger partial charge in [0, 0.05) is 36.8 Å². The SMILES string of the molecule is CN(C)CC(=O)NCCn1c(-c2ccc[nH]2)nc2c(C(F)(F)F)nc3ccccc3c21.O=C(O)/C=C/C(=O)O. The van der Waals surface area contributed by atoms with Gasteiger partial charge in [0.25, 0.3) is 0 Å². The zero-order chi connectivity index (χ0) is 28.7. The summed E-state index contributed by atoms with van der Waals surface area (Å²) in [6, 6.07) is 10.2. The molecule has 0 aliphatic heterocycles. The predicted molar refractivity (Wildman–Crippen MR) is 136 cm³/mol. The molecule has 39 heavy (non-hydrogen) atoms. The van der Waals surface area contributed by atoms with E-state index in [4.69, 9.17) is 10.2 Å². The second-order valence-corrected chi connectivity index (χ2v) is 8.44.